The Morgan fingerprint density at radius 3 is 2.53 bits per heavy atom. The largest absolute Gasteiger partial charge is 0.356 e. The molecule has 0 spiro atoms. The molecule has 0 saturated heterocycles. The molecule has 1 fully saturated rings. The number of rotatable bonds is 8. The summed E-state index contributed by atoms with van der Waals surface area (Å²) in [4.78, 5) is 13.9. The molecule has 3 N–H and O–H groups in total. The minimum absolute atomic E-state index is 0.133. The van der Waals surface area contributed by atoms with Gasteiger partial charge in [0.2, 0.25) is 5.91 Å². The number of nitrogens with zero attached hydrogens (tertiary/aromatic N) is 1. The molecule has 0 bridgehead atoms. The topological polar surface area (TPSA) is 58.4 Å². The van der Waals surface area contributed by atoms with Crippen LogP contribution in [0.1, 0.15) is 38.5 Å². The molecule has 0 aromatic carbocycles. The van der Waals surface area contributed by atoms with Crippen molar-refractivity contribution in [3.63, 3.8) is 0 Å². The standard InChI is InChI=1S/C13H27N3O/c1-16(2)9-4-3-8-15-12(17)10-13(11-14)6-5-7-13/h3-11,14H2,1-2H3,(H,15,17). The second-order valence-corrected chi connectivity index (χ2v) is 5.59. The van der Waals surface area contributed by atoms with Crippen LogP contribution in [-0.2, 0) is 4.79 Å². The first kappa shape index (κ1) is 14.5. The first-order valence-electron chi connectivity index (χ1n) is 6.69. The molecule has 0 aromatic heterocycles. The van der Waals surface area contributed by atoms with E-state index in [1.54, 1.807) is 0 Å². The summed E-state index contributed by atoms with van der Waals surface area (Å²) in [5.41, 5.74) is 5.87. The van der Waals surface area contributed by atoms with Gasteiger partial charge in [0, 0.05) is 13.0 Å². The lowest BCUT2D eigenvalue weighted by molar-refractivity contribution is -0.124. The Morgan fingerprint density at radius 1 is 1.35 bits per heavy atom. The second kappa shape index (κ2) is 6.97. The van der Waals surface area contributed by atoms with Crippen LogP contribution >= 0.6 is 0 Å². The van der Waals surface area contributed by atoms with Crippen molar-refractivity contribution in [2.24, 2.45) is 11.1 Å². The van der Waals surface area contributed by atoms with Crippen molar-refractivity contribution < 1.29 is 4.79 Å². The van der Waals surface area contributed by atoms with E-state index in [4.69, 9.17) is 5.73 Å². The van der Waals surface area contributed by atoms with Crippen molar-refractivity contribution in [1.29, 1.82) is 0 Å². The lowest BCUT2D eigenvalue weighted by Gasteiger charge is -2.40. The molecule has 4 nitrogen and oxygen atoms in total. The van der Waals surface area contributed by atoms with Crippen LogP contribution in [0.3, 0.4) is 0 Å². The Kier molecular flexibility index (Phi) is 5.92. The molecule has 0 unspecified atom stereocenters. The van der Waals surface area contributed by atoms with Gasteiger partial charge in [0.05, 0.1) is 0 Å². The van der Waals surface area contributed by atoms with E-state index in [2.05, 4.69) is 24.3 Å². The fraction of sp³-hybridized carbons (Fsp3) is 0.923. The van der Waals surface area contributed by atoms with Crippen LogP contribution in [0.5, 0.6) is 0 Å². The van der Waals surface area contributed by atoms with E-state index in [0.29, 0.717) is 13.0 Å². The third kappa shape index (κ3) is 5.04. The van der Waals surface area contributed by atoms with Crippen molar-refractivity contribution in [2.75, 3.05) is 33.7 Å². The highest BCUT2D eigenvalue weighted by atomic mass is 16.1. The third-order valence-electron chi connectivity index (χ3n) is 3.74. The van der Waals surface area contributed by atoms with Gasteiger partial charge < -0.3 is 16.0 Å². The van der Waals surface area contributed by atoms with Crippen LogP contribution in [0, 0.1) is 5.41 Å². The van der Waals surface area contributed by atoms with Crippen LogP contribution in [0.4, 0.5) is 0 Å². The van der Waals surface area contributed by atoms with Crippen LogP contribution in [-0.4, -0.2) is 44.5 Å². The summed E-state index contributed by atoms with van der Waals surface area (Å²) in [7, 11) is 4.14. The summed E-state index contributed by atoms with van der Waals surface area (Å²) in [5, 5.41) is 3.00. The molecule has 17 heavy (non-hydrogen) atoms. The van der Waals surface area contributed by atoms with Gasteiger partial charge in [0.1, 0.15) is 0 Å². The average molecular weight is 241 g/mol. The zero-order valence-corrected chi connectivity index (χ0v) is 11.3. The Hall–Kier alpha value is -0.610. The third-order valence-corrected chi connectivity index (χ3v) is 3.74. The molecular formula is C13H27N3O. The molecule has 0 radical (unpaired) electrons. The van der Waals surface area contributed by atoms with Crippen LogP contribution in [0.2, 0.25) is 0 Å². The lowest BCUT2D eigenvalue weighted by atomic mass is 9.66. The zero-order valence-electron chi connectivity index (χ0n) is 11.3. The normalized spacial score (nSPS) is 17.9. The summed E-state index contributed by atoms with van der Waals surface area (Å²) in [6.45, 7) is 2.54. The fourth-order valence-electron chi connectivity index (χ4n) is 2.31. The van der Waals surface area contributed by atoms with E-state index in [9.17, 15) is 4.79 Å². The smallest absolute Gasteiger partial charge is 0.220 e. The number of unbranched alkanes of at least 4 members (excludes halogenated alkanes) is 1. The number of hydrogen-bond donors (Lipinski definition) is 2. The molecule has 0 heterocycles. The van der Waals surface area contributed by atoms with Crippen molar-refractivity contribution in [2.45, 2.75) is 38.5 Å². The monoisotopic (exact) mass is 241 g/mol. The van der Waals surface area contributed by atoms with Crippen LogP contribution < -0.4 is 11.1 Å². The van der Waals surface area contributed by atoms with Gasteiger partial charge in [-0.05, 0) is 58.3 Å². The van der Waals surface area contributed by atoms with Gasteiger partial charge >= 0.3 is 0 Å². The summed E-state index contributed by atoms with van der Waals surface area (Å²) >= 11 is 0. The van der Waals surface area contributed by atoms with Gasteiger partial charge in [0.15, 0.2) is 0 Å². The summed E-state index contributed by atoms with van der Waals surface area (Å²) in [6, 6.07) is 0. The first-order valence-corrected chi connectivity index (χ1v) is 6.69. The molecular weight excluding hydrogens is 214 g/mol. The quantitative estimate of drug-likeness (QED) is 0.622. The Labute approximate surface area is 105 Å². The van der Waals surface area contributed by atoms with Gasteiger partial charge in [-0.1, -0.05) is 6.42 Å². The number of nitrogens with two attached hydrogens (primary N) is 1. The number of amides is 1. The van der Waals surface area contributed by atoms with E-state index < -0.39 is 0 Å². The molecule has 1 aliphatic carbocycles. The SMILES string of the molecule is CN(C)CCCCNC(=O)CC1(CN)CCC1. The number of nitrogens with one attached hydrogen (secondary N) is 1. The van der Waals surface area contributed by atoms with Gasteiger partial charge in [-0.2, -0.15) is 0 Å². The maximum Gasteiger partial charge on any atom is 0.220 e. The molecule has 1 aliphatic rings. The minimum atomic E-state index is 0.133. The van der Waals surface area contributed by atoms with Crippen LogP contribution in [0.25, 0.3) is 0 Å². The van der Waals surface area contributed by atoms with Gasteiger partial charge in [-0.15, -0.1) is 0 Å². The van der Waals surface area contributed by atoms with Gasteiger partial charge in [0.25, 0.3) is 0 Å². The van der Waals surface area contributed by atoms with Gasteiger partial charge in [-0.25, -0.2) is 0 Å². The summed E-state index contributed by atoms with van der Waals surface area (Å²) < 4.78 is 0. The zero-order chi connectivity index (χ0) is 12.7. The predicted molar refractivity (Wildman–Crippen MR) is 70.8 cm³/mol. The minimum Gasteiger partial charge on any atom is -0.356 e. The molecule has 0 aromatic rings. The average Bonchev–Trinajstić information content (AvgIpc) is 2.22. The molecule has 1 saturated carbocycles. The number of hydrogen-bond acceptors (Lipinski definition) is 3. The predicted octanol–water partition coefficient (Wildman–Crippen LogP) is 0.964. The molecule has 0 atom stereocenters. The number of carbonyl (C=O) groups excluding carboxylic acids is 1. The molecule has 100 valence electrons. The van der Waals surface area contributed by atoms with E-state index in [1.165, 1.54) is 6.42 Å². The van der Waals surface area contributed by atoms with Gasteiger partial charge in [-0.3, -0.25) is 4.79 Å². The van der Waals surface area contributed by atoms with E-state index in [-0.39, 0.29) is 11.3 Å². The summed E-state index contributed by atoms with van der Waals surface area (Å²) in [6.07, 6.45) is 6.29. The molecule has 4 heteroatoms. The van der Waals surface area contributed by atoms with E-state index in [0.717, 1.165) is 38.8 Å². The molecule has 0 aliphatic heterocycles. The van der Waals surface area contributed by atoms with Crippen LogP contribution in [0.15, 0.2) is 0 Å². The Morgan fingerprint density at radius 2 is 2.06 bits per heavy atom. The maximum atomic E-state index is 11.7. The highest BCUT2D eigenvalue weighted by Gasteiger charge is 2.37. The molecule has 1 rings (SSSR count). The highest BCUT2D eigenvalue weighted by molar-refractivity contribution is 5.76. The molecule has 1 amide bonds. The number of carbonyl (C=O) groups is 1. The second-order valence-electron chi connectivity index (χ2n) is 5.59. The summed E-state index contributed by atoms with van der Waals surface area (Å²) in [5.74, 6) is 0.181. The Balaban J connectivity index is 2.05. The van der Waals surface area contributed by atoms with Crippen molar-refractivity contribution >= 4 is 5.91 Å². The Bertz CT molecular complexity index is 231. The van der Waals surface area contributed by atoms with E-state index in [1.807, 2.05) is 0 Å². The highest BCUT2D eigenvalue weighted by Crippen LogP contribution is 2.42. The maximum absolute atomic E-state index is 11.7. The first-order chi connectivity index (χ1) is 8.08. The van der Waals surface area contributed by atoms with Crippen molar-refractivity contribution in [3.8, 4) is 0 Å². The van der Waals surface area contributed by atoms with E-state index >= 15 is 0 Å². The lowest BCUT2D eigenvalue weighted by Crippen LogP contribution is -2.42. The van der Waals surface area contributed by atoms with Crippen molar-refractivity contribution in [1.82, 2.24) is 10.2 Å². The van der Waals surface area contributed by atoms with Crippen molar-refractivity contribution in [3.05, 3.63) is 0 Å². The fourth-order valence-corrected chi connectivity index (χ4v) is 2.31.